The third-order valence-electron chi connectivity index (χ3n) is 6.07. The third kappa shape index (κ3) is 3.39. The molecule has 162 valence electrons. The number of carbonyl (C=O) groups excluding carboxylic acids is 1. The molecule has 2 saturated heterocycles. The highest BCUT2D eigenvalue weighted by molar-refractivity contribution is 5.95. The first-order valence-electron chi connectivity index (χ1n) is 10.1. The molecule has 5 rings (SSSR count). The molecule has 0 aliphatic carbocycles. The Morgan fingerprint density at radius 3 is 2.42 bits per heavy atom. The van der Waals surface area contributed by atoms with Gasteiger partial charge in [0.25, 0.3) is 0 Å². The first-order valence-corrected chi connectivity index (χ1v) is 10.1. The van der Waals surface area contributed by atoms with Gasteiger partial charge in [-0.15, -0.1) is 0 Å². The van der Waals surface area contributed by atoms with Crippen LogP contribution in [0.5, 0.6) is 0 Å². The normalized spacial score (nSPS) is 20.0. The lowest BCUT2D eigenvalue weighted by Crippen LogP contribution is -2.46. The van der Waals surface area contributed by atoms with Gasteiger partial charge < -0.3 is 9.47 Å². The van der Waals surface area contributed by atoms with Crippen LogP contribution >= 0.6 is 0 Å². The molecule has 1 atom stereocenters. The average Bonchev–Trinajstić information content (AvgIpc) is 3.21. The zero-order valence-electron chi connectivity index (χ0n) is 17.1. The molecule has 2 aromatic heterocycles. The predicted molar refractivity (Wildman–Crippen MR) is 109 cm³/mol. The summed E-state index contributed by atoms with van der Waals surface area (Å²) < 4.78 is 41.3. The van der Waals surface area contributed by atoms with Crippen molar-refractivity contribution in [3.05, 3.63) is 42.0 Å². The molecule has 3 aromatic rings. The Morgan fingerprint density at radius 1 is 1.03 bits per heavy atom. The smallest absolute Gasteiger partial charge is 0.355 e. The molecular formula is C21H21F3N6O. The minimum Gasteiger partial charge on any atom is -0.355 e. The van der Waals surface area contributed by atoms with E-state index in [-0.39, 0.29) is 11.7 Å². The Morgan fingerprint density at radius 2 is 1.74 bits per heavy atom. The highest BCUT2D eigenvalue weighted by atomic mass is 19.4. The summed E-state index contributed by atoms with van der Waals surface area (Å²) in [7, 11) is 2.00. The van der Waals surface area contributed by atoms with Crippen molar-refractivity contribution >= 4 is 28.6 Å². The Hall–Kier alpha value is -3.17. The maximum atomic E-state index is 13.1. The minimum atomic E-state index is -4.40. The molecule has 0 radical (unpaired) electrons. The van der Waals surface area contributed by atoms with E-state index in [1.54, 1.807) is 13.0 Å². The summed E-state index contributed by atoms with van der Waals surface area (Å²) in [6.45, 7) is 2.65. The molecule has 1 aromatic carbocycles. The zero-order valence-corrected chi connectivity index (χ0v) is 17.1. The number of hydrogen-bond donors (Lipinski definition) is 0. The van der Waals surface area contributed by atoms with E-state index in [9.17, 15) is 18.0 Å². The minimum absolute atomic E-state index is 0.221. The summed E-state index contributed by atoms with van der Waals surface area (Å²) in [5.74, 6) is 0.246. The molecule has 0 spiro atoms. The maximum absolute atomic E-state index is 13.1. The molecule has 10 heteroatoms. The van der Waals surface area contributed by atoms with Gasteiger partial charge in [-0.05, 0) is 19.1 Å². The number of nitrogens with zero attached hydrogens (tertiary/aromatic N) is 6. The van der Waals surface area contributed by atoms with Crippen LogP contribution in [-0.2, 0) is 11.8 Å². The average molecular weight is 430 g/mol. The van der Waals surface area contributed by atoms with Gasteiger partial charge in [-0.3, -0.25) is 9.69 Å². The molecule has 4 heterocycles. The standard InChI is InChI=1S/C21H21F3N6O/c1-12-25-17(8-18(26-12)30-11-14(7-19(30)31)21(22,23)24)29-9-13(10-29)20-27-15-5-3-4-6-16(15)28(20)2/h3-6,8,13-14H,7,9-11H2,1-2H3. The summed E-state index contributed by atoms with van der Waals surface area (Å²) in [6, 6.07) is 9.56. The second kappa shape index (κ2) is 6.93. The molecule has 7 nitrogen and oxygen atoms in total. The Bertz CT molecular complexity index is 1170. The number of imidazole rings is 1. The van der Waals surface area contributed by atoms with Crippen LogP contribution in [0.2, 0.25) is 0 Å². The van der Waals surface area contributed by atoms with E-state index in [0.717, 1.165) is 21.8 Å². The van der Waals surface area contributed by atoms with Gasteiger partial charge in [-0.2, -0.15) is 13.2 Å². The Balaban J connectivity index is 1.35. The molecule has 1 unspecified atom stereocenters. The number of para-hydroxylation sites is 2. The number of fused-ring (bicyclic) bond motifs is 1. The number of aryl methyl sites for hydroxylation is 2. The largest absolute Gasteiger partial charge is 0.394 e. The second-order valence-corrected chi connectivity index (χ2v) is 8.20. The molecule has 2 aliphatic rings. The number of aromatic nitrogens is 4. The van der Waals surface area contributed by atoms with Gasteiger partial charge in [0.15, 0.2) is 0 Å². The van der Waals surface area contributed by atoms with Crippen LogP contribution in [0.3, 0.4) is 0 Å². The van der Waals surface area contributed by atoms with E-state index in [1.165, 1.54) is 0 Å². The summed E-state index contributed by atoms with van der Waals surface area (Å²) in [4.78, 5) is 28.8. The Kier molecular flexibility index (Phi) is 4.42. The molecule has 0 N–H and O–H groups in total. The van der Waals surface area contributed by atoms with Gasteiger partial charge in [-0.1, -0.05) is 12.1 Å². The van der Waals surface area contributed by atoms with Crippen LogP contribution in [0.4, 0.5) is 24.8 Å². The van der Waals surface area contributed by atoms with Gasteiger partial charge in [0.05, 0.1) is 22.9 Å². The van der Waals surface area contributed by atoms with Crippen LogP contribution in [0.1, 0.15) is 24.0 Å². The van der Waals surface area contributed by atoms with Crippen molar-refractivity contribution in [2.24, 2.45) is 13.0 Å². The first kappa shape index (κ1) is 19.8. The maximum Gasteiger partial charge on any atom is 0.394 e. The number of benzene rings is 1. The number of halogens is 3. The van der Waals surface area contributed by atoms with Crippen molar-refractivity contribution < 1.29 is 18.0 Å². The third-order valence-corrected chi connectivity index (χ3v) is 6.07. The predicted octanol–water partition coefficient (Wildman–Crippen LogP) is 3.19. The zero-order chi connectivity index (χ0) is 21.9. The lowest BCUT2D eigenvalue weighted by Gasteiger charge is -2.40. The first-order chi connectivity index (χ1) is 14.7. The fourth-order valence-electron chi connectivity index (χ4n) is 4.34. The second-order valence-electron chi connectivity index (χ2n) is 8.20. The van der Waals surface area contributed by atoms with Crippen molar-refractivity contribution in [2.75, 3.05) is 29.4 Å². The lowest BCUT2D eigenvalue weighted by molar-refractivity contribution is -0.169. The monoisotopic (exact) mass is 430 g/mol. The van der Waals surface area contributed by atoms with Gasteiger partial charge >= 0.3 is 6.18 Å². The van der Waals surface area contributed by atoms with Crippen molar-refractivity contribution in [2.45, 2.75) is 25.4 Å². The topological polar surface area (TPSA) is 67.2 Å². The molecule has 2 fully saturated rings. The van der Waals surface area contributed by atoms with E-state index >= 15 is 0 Å². The fraction of sp³-hybridized carbons (Fsp3) is 0.429. The molecule has 2 aliphatic heterocycles. The van der Waals surface area contributed by atoms with E-state index in [0.29, 0.717) is 24.7 Å². The van der Waals surface area contributed by atoms with Gasteiger partial charge in [0.1, 0.15) is 23.3 Å². The van der Waals surface area contributed by atoms with Crippen LogP contribution in [-0.4, -0.2) is 51.2 Å². The van der Waals surface area contributed by atoms with Crippen molar-refractivity contribution in [3.63, 3.8) is 0 Å². The van der Waals surface area contributed by atoms with E-state index in [2.05, 4.69) is 14.5 Å². The summed E-state index contributed by atoms with van der Waals surface area (Å²) in [5.41, 5.74) is 2.02. The van der Waals surface area contributed by atoms with Crippen LogP contribution in [0.15, 0.2) is 30.3 Å². The summed E-state index contributed by atoms with van der Waals surface area (Å²) in [5, 5.41) is 0. The van der Waals surface area contributed by atoms with Crippen molar-refractivity contribution in [1.29, 1.82) is 0 Å². The number of anilines is 2. The van der Waals surface area contributed by atoms with Gasteiger partial charge in [0.2, 0.25) is 5.91 Å². The van der Waals surface area contributed by atoms with Crippen molar-refractivity contribution in [1.82, 2.24) is 19.5 Å². The van der Waals surface area contributed by atoms with E-state index in [4.69, 9.17) is 4.98 Å². The summed E-state index contributed by atoms with van der Waals surface area (Å²) in [6.07, 6.45) is -4.94. The number of rotatable bonds is 3. The molecule has 1 amide bonds. The number of amides is 1. The number of carbonyl (C=O) groups is 1. The number of hydrogen-bond acceptors (Lipinski definition) is 5. The van der Waals surface area contributed by atoms with E-state index in [1.807, 2.05) is 36.2 Å². The SMILES string of the molecule is Cc1nc(N2CC(c3nc4ccccc4n3C)C2)cc(N2CC(C(F)(F)F)CC2=O)n1. The molecule has 31 heavy (non-hydrogen) atoms. The van der Waals surface area contributed by atoms with Crippen LogP contribution in [0.25, 0.3) is 11.0 Å². The van der Waals surface area contributed by atoms with Crippen LogP contribution in [0, 0.1) is 12.8 Å². The summed E-state index contributed by atoms with van der Waals surface area (Å²) >= 11 is 0. The highest BCUT2D eigenvalue weighted by Gasteiger charge is 2.48. The van der Waals surface area contributed by atoms with Crippen LogP contribution < -0.4 is 9.80 Å². The Labute approximate surface area is 176 Å². The van der Waals surface area contributed by atoms with E-state index < -0.39 is 31.0 Å². The lowest BCUT2D eigenvalue weighted by atomic mass is 9.99. The highest BCUT2D eigenvalue weighted by Crippen LogP contribution is 2.37. The fourth-order valence-corrected chi connectivity index (χ4v) is 4.34. The molecule has 0 bridgehead atoms. The number of alkyl halides is 3. The quantitative estimate of drug-likeness (QED) is 0.639. The molecular weight excluding hydrogens is 409 g/mol. The molecule has 0 saturated carbocycles. The van der Waals surface area contributed by atoms with Gasteiger partial charge in [0, 0.05) is 39.2 Å². The van der Waals surface area contributed by atoms with Crippen molar-refractivity contribution in [3.8, 4) is 0 Å². The van der Waals surface area contributed by atoms with Gasteiger partial charge in [-0.25, -0.2) is 15.0 Å².